The predicted molar refractivity (Wildman–Crippen MR) is 162 cm³/mol. The average molecular weight is 649 g/mol. The van der Waals surface area contributed by atoms with Crippen LogP contribution in [0.5, 0.6) is 11.9 Å². The van der Waals surface area contributed by atoms with Crippen LogP contribution in [0.15, 0.2) is 89.9 Å². The van der Waals surface area contributed by atoms with Crippen LogP contribution in [-0.4, -0.2) is 57.3 Å². The summed E-state index contributed by atoms with van der Waals surface area (Å²) in [5.74, 6) is 0.346. The zero-order chi connectivity index (χ0) is 29.4. The Hall–Kier alpha value is -4.49. The molecule has 0 atom stereocenters. The number of aryl methyl sites for hydroxylation is 2. The Morgan fingerprint density at radius 1 is 0.810 bits per heavy atom. The van der Waals surface area contributed by atoms with E-state index in [9.17, 15) is 8.42 Å². The summed E-state index contributed by atoms with van der Waals surface area (Å²) in [6.07, 6.45) is 6.58. The van der Waals surface area contributed by atoms with Crippen molar-refractivity contribution in [3.05, 3.63) is 101 Å². The van der Waals surface area contributed by atoms with Crippen molar-refractivity contribution in [3.8, 4) is 34.7 Å². The third-order valence-corrected chi connectivity index (χ3v) is 7.54. The van der Waals surface area contributed by atoms with E-state index in [0.717, 1.165) is 15.6 Å². The second-order valence-electron chi connectivity index (χ2n) is 9.05. The van der Waals surface area contributed by atoms with E-state index in [0.29, 0.717) is 17.5 Å². The monoisotopic (exact) mass is 647 g/mol. The Morgan fingerprint density at radius 2 is 1.50 bits per heavy atom. The first-order valence-electron chi connectivity index (χ1n) is 12.9. The second-order valence-corrected chi connectivity index (χ2v) is 11.8. The van der Waals surface area contributed by atoms with Gasteiger partial charge in [0, 0.05) is 24.8 Å². The Bertz CT molecular complexity index is 1730. The number of ether oxygens (including phenoxy) is 2. The highest BCUT2D eigenvalue weighted by Crippen LogP contribution is 2.36. The maximum Gasteiger partial charge on any atom is 0.316 e. The third kappa shape index (κ3) is 7.83. The van der Waals surface area contributed by atoms with Crippen LogP contribution in [0.4, 0.5) is 5.82 Å². The number of anilines is 1. The SMILES string of the molecule is Cc1ccc(-c2c(NS(=O)(=O)CCc3ccccc3)nc(-c3ncccn3)nc2OCCOc2ncc(Br)cn2)cc1. The van der Waals surface area contributed by atoms with Crippen molar-refractivity contribution in [2.45, 2.75) is 13.3 Å². The fourth-order valence-electron chi connectivity index (χ4n) is 3.85. The molecule has 214 valence electrons. The Labute approximate surface area is 251 Å². The molecule has 3 heterocycles. The molecule has 2 aromatic carbocycles. The van der Waals surface area contributed by atoms with Gasteiger partial charge in [0.2, 0.25) is 21.7 Å². The van der Waals surface area contributed by atoms with Gasteiger partial charge in [0.05, 0.1) is 15.8 Å². The molecule has 0 unspecified atom stereocenters. The standard InChI is InChI=1S/C29H26BrN7O4S/c1-20-8-10-22(11-9-20)24-25(37-42(38,39)17-12-21-6-3-2-4-7-21)35-27(26-31-13-5-14-32-26)36-28(24)40-15-16-41-29-33-18-23(30)19-34-29/h2-11,13-14,18-19H,12,15-17H2,1H3,(H,35,36,37). The van der Waals surface area contributed by atoms with Crippen LogP contribution in [0.1, 0.15) is 11.1 Å². The van der Waals surface area contributed by atoms with E-state index in [2.05, 4.69) is 50.6 Å². The van der Waals surface area contributed by atoms with Gasteiger partial charge in [-0.15, -0.1) is 0 Å². The first kappa shape index (κ1) is 29.0. The quantitative estimate of drug-likeness (QED) is 0.186. The zero-order valence-corrected chi connectivity index (χ0v) is 24.9. The summed E-state index contributed by atoms with van der Waals surface area (Å²) in [5, 5.41) is 0. The fourth-order valence-corrected chi connectivity index (χ4v) is 5.11. The highest BCUT2D eigenvalue weighted by atomic mass is 79.9. The van der Waals surface area contributed by atoms with Crippen LogP contribution in [0.3, 0.4) is 0 Å². The van der Waals surface area contributed by atoms with E-state index in [4.69, 9.17) is 9.47 Å². The van der Waals surface area contributed by atoms with Crippen molar-refractivity contribution in [1.29, 1.82) is 0 Å². The van der Waals surface area contributed by atoms with E-state index in [1.165, 1.54) is 0 Å². The molecule has 5 aromatic rings. The highest BCUT2D eigenvalue weighted by molar-refractivity contribution is 9.10. The minimum absolute atomic E-state index is 0.0523. The molecule has 42 heavy (non-hydrogen) atoms. The molecule has 13 heteroatoms. The van der Waals surface area contributed by atoms with Gasteiger partial charge in [-0.1, -0.05) is 60.2 Å². The molecule has 11 nitrogen and oxygen atoms in total. The summed E-state index contributed by atoms with van der Waals surface area (Å²) in [6, 6.07) is 18.8. The highest BCUT2D eigenvalue weighted by Gasteiger charge is 2.23. The van der Waals surface area contributed by atoms with E-state index in [1.807, 2.05) is 61.5 Å². The topological polar surface area (TPSA) is 142 Å². The van der Waals surface area contributed by atoms with Gasteiger partial charge in [-0.05, 0) is 46.5 Å². The Balaban J connectivity index is 1.49. The van der Waals surface area contributed by atoms with Crippen LogP contribution < -0.4 is 14.2 Å². The van der Waals surface area contributed by atoms with Gasteiger partial charge in [-0.25, -0.2) is 33.3 Å². The summed E-state index contributed by atoms with van der Waals surface area (Å²) in [4.78, 5) is 25.8. The molecule has 0 aliphatic rings. The average Bonchev–Trinajstić information content (AvgIpc) is 3.00. The number of benzene rings is 2. The maximum atomic E-state index is 13.3. The number of hydrogen-bond donors (Lipinski definition) is 1. The van der Waals surface area contributed by atoms with Gasteiger partial charge in [0.25, 0.3) is 0 Å². The predicted octanol–water partition coefficient (Wildman–Crippen LogP) is 4.90. The molecule has 0 bridgehead atoms. The van der Waals surface area contributed by atoms with Crippen molar-refractivity contribution in [2.24, 2.45) is 0 Å². The normalized spacial score (nSPS) is 11.2. The lowest BCUT2D eigenvalue weighted by Crippen LogP contribution is -2.20. The van der Waals surface area contributed by atoms with E-state index >= 15 is 0 Å². The van der Waals surface area contributed by atoms with Crippen LogP contribution in [0, 0.1) is 6.92 Å². The minimum atomic E-state index is -3.83. The molecule has 0 fully saturated rings. The van der Waals surface area contributed by atoms with Gasteiger partial charge >= 0.3 is 6.01 Å². The second kappa shape index (κ2) is 13.4. The van der Waals surface area contributed by atoms with E-state index in [-0.39, 0.29) is 48.3 Å². The summed E-state index contributed by atoms with van der Waals surface area (Å²) in [6.45, 7) is 2.13. The van der Waals surface area contributed by atoms with Crippen molar-refractivity contribution >= 4 is 31.8 Å². The number of sulfonamides is 1. The van der Waals surface area contributed by atoms with Crippen LogP contribution in [-0.2, 0) is 16.4 Å². The molecule has 3 aromatic heterocycles. The molecule has 0 saturated carbocycles. The van der Waals surface area contributed by atoms with Crippen molar-refractivity contribution in [1.82, 2.24) is 29.9 Å². The number of nitrogens with zero attached hydrogens (tertiary/aromatic N) is 6. The molecule has 1 N–H and O–H groups in total. The number of hydrogen-bond acceptors (Lipinski definition) is 10. The van der Waals surface area contributed by atoms with Crippen molar-refractivity contribution in [2.75, 3.05) is 23.7 Å². The zero-order valence-electron chi connectivity index (χ0n) is 22.5. The van der Waals surface area contributed by atoms with Gasteiger partial charge in [-0.2, -0.15) is 4.98 Å². The summed E-state index contributed by atoms with van der Waals surface area (Å²) in [5.41, 5.74) is 2.97. The van der Waals surface area contributed by atoms with Crippen molar-refractivity contribution < 1.29 is 17.9 Å². The molecule has 5 rings (SSSR count). The molecule has 0 amide bonds. The maximum absolute atomic E-state index is 13.3. The lowest BCUT2D eigenvalue weighted by molar-refractivity contribution is 0.202. The van der Waals surface area contributed by atoms with Crippen LogP contribution in [0.25, 0.3) is 22.8 Å². The molecular weight excluding hydrogens is 622 g/mol. The van der Waals surface area contributed by atoms with Gasteiger partial charge in [0.1, 0.15) is 13.2 Å². The first-order chi connectivity index (χ1) is 20.4. The number of nitrogens with one attached hydrogen (secondary N) is 1. The molecule has 0 aliphatic heterocycles. The fraction of sp³-hybridized carbons (Fsp3) is 0.172. The first-order valence-corrected chi connectivity index (χ1v) is 15.3. The van der Waals surface area contributed by atoms with Crippen LogP contribution >= 0.6 is 15.9 Å². The largest absolute Gasteiger partial charge is 0.473 e. The van der Waals surface area contributed by atoms with Crippen LogP contribution in [0.2, 0.25) is 0 Å². The molecular formula is C29H26BrN7O4S. The molecule has 0 saturated heterocycles. The Morgan fingerprint density at radius 3 is 2.21 bits per heavy atom. The van der Waals surface area contributed by atoms with E-state index < -0.39 is 10.0 Å². The third-order valence-electron chi connectivity index (χ3n) is 5.89. The summed E-state index contributed by atoms with van der Waals surface area (Å²) in [7, 11) is -3.83. The Kier molecular flexibility index (Phi) is 9.29. The number of aromatic nitrogens is 6. The smallest absolute Gasteiger partial charge is 0.316 e. The lowest BCUT2D eigenvalue weighted by Gasteiger charge is -2.17. The minimum Gasteiger partial charge on any atom is -0.473 e. The van der Waals surface area contributed by atoms with Gasteiger partial charge in [-0.3, -0.25) is 4.72 Å². The molecule has 0 aliphatic carbocycles. The molecule has 0 radical (unpaired) electrons. The molecule has 0 spiro atoms. The summed E-state index contributed by atoms with van der Waals surface area (Å²) >= 11 is 3.29. The number of halogens is 1. The van der Waals surface area contributed by atoms with Gasteiger partial charge < -0.3 is 9.47 Å². The lowest BCUT2D eigenvalue weighted by atomic mass is 10.1. The van der Waals surface area contributed by atoms with Gasteiger partial charge in [0.15, 0.2) is 11.6 Å². The summed E-state index contributed by atoms with van der Waals surface area (Å²) < 4.78 is 41.7. The van der Waals surface area contributed by atoms with E-state index in [1.54, 1.807) is 30.9 Å². The number of rotatable bonds is 12. The van der Waals surface area contributed by atoms with Crippen molar-refractivity contribution in [3.63, 3.8) is 0 Å².